The Hall–Kier alpha value is -1.73. The van der Waals surface area contributed by atoms with Crippen LogP contribution in [0.5, 0.6) is 0 Å². The molecule has 0 radical (unpaired) electrons. The van der Waals surface area contributed by atoms with Gasteiger partial charge in [0.2, 0.25) is 11.1 Å². The van der Waals surface area contributed by atoms with Crippen LogP contribution in [-0.4, -0.2) is 26.4 Å². The van der Waals surface area contributed by atoms with Crippen molar-refractivity contribution < 1.29 is 4.79 Å². The predicted octanol–water partition coefficient (Wildman–Crippen LogP) is 4.96. The second-order valence-electron chi connectivity index (χ2n) is 4.89. The predicted molar refractivity (Wildman–Crippen MR) is 102 cm³/mol. The number of amides is 1. The normalized spacial score (nSPS) is 10.7. The minimum atomic E-state index is -0.271. The smallest absolute Gasteiger partial charge is 0.234 e. The summed E-state index contributed by atoms with van der Waals surface area (Å²) in [5.41, 5.74) is 1.23. The molecule has 1 amide bonds. The lowest BCUT2D eigenvalue weighted by molar-refractivity contribution is -0.113. The molecule has 128 valence electrons. The van der Waals surface area contributed by atoms with Crippen molar-refractivity contribution in [2.45, 2.75) is 5.16 Å². The van der Waals surface area contributed by atoms with Crippen LogP contribution < -0.4 is 5.32 Å². The molecule has 9 heteroatoms. The van der Waals surface area contributed by atoms with Crippen molar-refractivity contribution in [2.24, 2.45) is 0 Å². The Labute approximate surface area is 163 Å². The van der Waals surface area contributed by atoms with Gasteiger partial charge in [-0.1, -0.05) is 64.8 Å². The molecule has 0 unspecified atom stereocenters. The number of para-hydroxylation sites is 1. The quantitative estimate of drug-likeness (QED) is 0.601. The van der Waals surface area contributed by atoms with Gasteiger partial charge in [0.15, 0.2) is 0 Å². The summed E-state index contributed by atoms with van der Waals surface area (Å²) < 4.78 is 1.65. The molecule has 1 aromatic heterocycles. The van der Waals surface area contributed by atoms with Crippen molar-refractivity contribution in [3.8, 4) is 5.69 Å². The molecule has 1 N–H and O–H groups in total. The highest BCUT2D eigenvalue weighted by molar-refractivity contribution is 7.99. The Morgan fingerprint density at radius 1 is 1.12 bits per heavy atom. The van der Waals surface area contributed by atoms with Crippen LogP contribution in [0, 0.1) is 0 Å². The van der Waals surface area contributed by atoms with Gasteiger partial charge in [0.1, 0.15) is 6.33 Å². The van der Waals surface area contributed by atoms with E-state index >= 15 is 0 Å². The molecule has 0 saturated carbocycles. The summed E-state index contributed by atoms with van der Waals surface area (Å²) in [6, 6.07) is 12.6. The first kappa shape index (κ1) is 18.1. The van der Waals surface area contributed by atoms with Gasteiger partial charge in [-0.05, 0) is 24.3 Å². The van der Waals surface area contributed by atoms with E-state index in [2.05, 4.69) is 15.4 Å². The summed E-state index contributed by atoms with van der Waals surface area (Å²) in [5.74, 6) is -0.152. The number of rotatable bonds is 5. The fourth-order valence-electron chi connectivity index (χ4n) is 1.99. The van der Waals surface area contributed by atoms with Crippen LogP contribution in [0.2, 0.25) is 15.1 Å². The number of nitrogens with zero attached hydrogens (tertiary/aromatic N) is 3. The molecule has 0 atom stereocenters. The Bertz CT molecular complexity index is 878. The van der Waals surface area contributed by atoms with Crippen LogP contribution >= 0.6 is 46.6 Å². The van der Waals surface area contributed by atoms with Crippen molar-refractivity contribution in [3.05, 3.63) is 63.9 Å². The summed E-state index contributed by atoms with van der Waals surface area (Å²) in [5, 5.41) is 8.45. The van der Waals surface area contributed by atoms with Gasteiger partial charge >= 0.3 is 0 Å². The van der Waals surface area contributed by atoms with E-state index in [9.17, 15) is 4.79 Å². The first-order valence-electron chi connectivity index (χ1n) is 7.07. The molecule has 0 fully saturated rings. The van der Waals surface area contributed by atoms with E-state index < -0.39 is 0 Å². The Balaban J connectivity index is 1.61. The number of thioether (sulfide) groups is 1. The van der Waals surface area contributed by atoms with Crippen LogP contribution in [0.1, 0.15) is 0 Å². The van der Waals surface area contributed by atoms with Gasteiger partial charge in [0.25, 0.3) is 0 Å². The average Bonchev–Trinajstić information content (AvgIpc) is 3.06. The van der Waals surface area contributed by atoms with Gasteiger partial charge in [-0.15, -0.1) is 5.10 Å². The lowest BCUT2D eigenvalue weighted by atomic mass is 10.3. The summed E-state index contributed by atoms with van der Waals surface area (Å²) in [7, 11) is 0. The van der Waals surface area contributed by atoms with Crippen LogP contribution in [0.3, 0.4) is 0 Å². The molecule has 0 aliphatic carbocycles. The van der Waals surface area contributed by atoms with E-state index in [-0.39, 0.29) is 21.7 Å². The Morgan fingerprint density at radius 2 is 1.80 bits per heavy atom. The van der Waals surface area contributed by atoms with E-state index in [0.29, 0.717) is 15.9 Å². The second-order valence-corrected chi connectivity index (χ2v) is 7.08. The monoisotopic (exact) mass is 412 g/mol. The first-order chi connectivity index (χ1) is 12.0. The largest absolute Gasteiger partial charge is 0.323 e. The maximum Gasteiger partial charge on any atom is 0.234 e. The van der Waals surface area contributed by atoms with Crippen LogP contribution in [0.15, 0.2) is 53.9 Å². The van der Waals surface area contributed by atoms with Crippen molar-refractivity contribution in [2.75, 3.05) is 11.1 Å². The zero-order valence-electron chi connectivity index (χ0n) is 12.6. The van der Waals surface area contributed by atoms with E-state index in [0.717, 1.165) is 5.69 Å². The molecule has 25 heavy (non-hydrogen) atoms. The highest BCUT2D eigenvalue weighted by Gasteiger charge is 2.13. The minimum absolute atomic E-state index is 0.119. The number of halogens is 3. The molecule has 0 saturated heterocycles. The molecule has 0 aliphatic rings. The van der Waals surface area contributed by atoms with Crippen LogP contribution in [0.25, 0.3) is 5.69 Å². The molecule has 3 rings (SSSR count). The van der Waals surface area contributed by atoms with Crippen LogP contribution in [-0.2, 0) is 4.79 Å². The molecule has 2 aromatic carbocycles. The van der Waals surface area contributed by atoms with E-state index in [4.69, 9.17) is 34.8 Å². The van der Waals surface area contributed by atoms with E-state index in [1.165, 1.54) is 23.9 Å². The van der Waals surface area contributed by atoms with Gasteiger partial charge in [-0.25, -0.2) is 9.67 Å². The maximum absolute atomic E-state index is 12.1. The third kappa shape index (κ3) is 4.67. The standard InChI is InChI=1S/C16H11Cl3N4OS/c17-10-6-12(18)15(13(19)7-10)21-14(24)8-25-16-20-9-23(22-16)11-4-2-1-3-5-11/h1-7,9H,8H2,(H,21,24). The van der Waals surface area contributed by atoms with Gasteiger partial charge in [-0.2, -0.15) is 0 Å². The molecule has 0 bridgehead atoms. The summed E-state index contributed by atoms with van der Waals surface area (Å²) in [6.45, 7) is 0. The fraction of sp³-hybridized carbons (Fsp3) is 0.0625. The number of benzene rings is 2. The van der Waals surface area contributed by atoms with E-state index in [1.807, 2.05) is 30.3 Å². The lowest BCUT2D eigenvalue weighted by Crippen LogP contribution is -2.14. The second kappa shape index (κ2) is 8.10. The molecule has 1 heterocycles. The Kier molecular flexibility index (Phi) is 5.86. The molecular formula is C16H11Cl3N4OS. The number of anilines is 1. The van der Waals surface area contributed by atoms with Crippen molar-refractivity contribution in [1.29, 1.82) is 0 Å². The number of nitrogens with one attached hydrogen (secondary N) is 1. The summed E-state index contributed by atoms with van der Waals surface area (Å²) in [4.78, 5) is 16.3. The zero-order valence-corrected chi connectivity index (χ0v) is 15.7. The molecule has 0 aliphatic heterocycles. The van der Waals surface area contributed by atoms with Crippen LogP contribution in [0.4, 0.5) is 5.69 Å². The number of hydrogen-bond donors (Lipinski definition) is 1. The van der Waals surface area contributed by atoms with Gasteiger partial charge in [0, 0.05) is 5.02 Å². The SMILES string of the molecule is O=C(CSc1ncn(-c2ccccc2)n1)Nc1c(Cl)cc(Cl)cc1Cl. The third-order valence-corrected chi connectivity index (χ3v) is 4.76. The topological polar surface area (TPSA) is 59.8 Å². The number of aromatic nitrogens is 3. The highest BCUT2D eigenvalue weighted by Crippen LogP contribution is 2.33. The molecule has 0 spiro atoms. The van der Waals surface area contributed by atoms with E-state index in [1.54, 1.807) is 11.0 Å². The molecule has 3 aromatic rings. The molecular weight excluding hydrogens is 403 g/mol. The average molecular weight is 414 g/mol. The molecule has 5 nitrogen and oxygen atoms in total. The lowest BCUT2D eigenvalue weighted by Gasteiger charge is -2.09. The summed E-state index contributed by atoms with van der Waals surface area (Å²) >= 11 is 19.2. The van der Waals surface area contributed by atoms with Crippen molar-refractivity contribution in [3.63, 3.8) is 0 Å². The number of hydrogen-bond acceptors (Lipinski definition) is 4. The summed E-state index contributed by atoms with van der Waals surface area (Å²) in [6.07, 6.45) is 1.60. The minimum Gasteiger partial charge on any atom is -0.323 e. The van der Waals surface area contributed by atoms with Gasteiger partial charge < -0.3 is 5.32 Å². The Morgan fingerprint density at radius 3 is 2.48 bits per heavy atom. The van der Waals surface area contributed by atoms with Crippen molar-refractivity contribution in [1.82, 2.24) is 14.8 Å². The maximum atomic E-state index is 12.1. The fourth-order valence-corrected chi connectivity index (χ4v) is 3.50. The van der Waals surface area contributed by atoms with Gasteiger partial charge in [0.05, 0.1) is 27.2 Å². The number of carbonyl (C=O) groups is 1. The number of carbonyl (C=O) groups excluding carboxylic acids is 1. The third-order valence-electron chi connectivity index (χ3n) is 3.10. The van der Waals surface area contributed by atoms with Gasteiger partial charge in [-0.3, -0.25) is 4.79 Å². The zero-order chi connectivity index (χ0) is 17.8. The highest BCUT2D eigenvalue weighted by atomic mass is 35.5. The first-order valence-corrected chi connectivity index (χ1v) is 9.19. The van der Waals surface area contributed by atoms with Crippen molar-refractivity contribution >= 4 is 58.2 Å².